The van der Waals surface area contributed by atoms with Gasteiger partial charge in [-0.2, -0.15) is 0 Å². The lowest BCUT2D eigenvalue weighted by Crippen LogP contribution is -2.43. The Hall–Kier alpha value is -0.570. The Labute approximate surface area is 215 Å². The van der Waals surface area contributed by atoms with E-state index in [1.54, 1.807) is 0 Å². The molecular formula is C31H64N2O. The molecule has 0 saturated carbocycles. The molecule has 0 aliphatic heterocycles. The minimum absolute atomic E-state index is 0.145. The van der Waals surface area contributed by atoms with Gasteiger partial charge in [0.25, 0.3) is 0 Å². The predicted octanol–water partition coefficient (Wildman–Crippen LogP) is 9.56. The summed E-state index contributed by atoms with van der Waals surface area (Å²) in [6, 6.07) is -0.366. The van der Waals surface area contributed by atoms with Gasteiger partial charge < -0.3 is 10.6 Å². The van der Waals surface area contributed by atoms with Gasteiger partial charge in [-0.15, -0.1) is 0 Å². The summed E-state index contributed by atoms with van der Waals surface area (Å²) in [7, 11) is 0. The predicted molar refractivity (Wildman–Crippen MR) is 152 cm³/mol. The zero-order valence-corrected chi connectivity index (χ0v) is 23.9. The smallest absolute Gasteiger partial charge is 0.239 e. The molecule has 1 amide bonds. The molecule has 3 nitrogen and oxygen atoms in total. The number of carbonyl (C=O) groups excluding carboxylic acids is 1. The van der Waals surface area contributed by atoms with Crippen molar-refractivity contribution >= 4 is 5.91 Å². The number of hydrogen-bond donors (Lipinski definition) is 1. The summed E-state index contributed by atoms with van der Waals surface area (Å²) in [4.78, 5) is 14.6. The minimum atomic E-state index is -0.366. The van der Waals surface area contributed by atoms with Gasteiger partial charge in [-0.05, 0) is 19.8 Å². The topological polar surface area (TPSA) is 46.3 Å². The first-order valence-corrected chi connectivity index (χ1v) is 15.7. The Kier molecular flexibility index (Phi) is 26.6. The van der Waals surface area contributed by atoms with Crippen molar-refractivity contribution in [1.82, 2.24) is 4.90 Å². The maximum Gasteiger partial charge on any atom is 0.239 e. The summed E-state index contributed by atoms with van der Waals surface area (Å²) >= 11 is 0. The molecule has 204 valence electrons. The van der Waals surface area contributed by atoms with E-state index in [-0.39, 0.29) is 11.9 Å². The Balaban J connectivity index is 3.68. The van der Waals surface area contributed by atoms with Crippen LogP contribution in [0.25, 0.3) is 0 Å². The number of amides is 1. The van der Waals surface area contributed by atoms with E-state index in [0.29, 0.717) is 0 Å². The maximum atomic E-state index is 12.5. The second-order valence-electron chi connectivity index (χ2n) is 10.9. The number of nitrogens with zero attached hydrogens (tertiary/aromatic N) is 1. The number of carbonyl (C=O) groups is 1. The van der Waals surface area contributed by atoms with Crippen molar-refractivity contribution in [1.29, 1.82) is 0 Å². The third-order valence-electron chi connectivity index (χ3n) is 7.26. The molecular weight excluding hydrogens is 416 g/mol. The van der Waals surface area contributed by atoms with E-state index in [1.165, 1.54) is 141 Å². The highest BCUT2D eigenvalue weighted by Gasteiger charge is 2.16. The van der Waals surface area contributed by atoms with Gasteiger partial charge >= 0.3 is 0 Å². The fourth-order valence-electron chi connectivity index (χ4n) is 4.91. The first kappa shape index (κ1) is 33.4. The zero-order chi connectivity index (χ0) is 25.1. The SMILES string of the molecule is CCCCCCCCCCCCCCN(CCCCCCCCCCCCCC)C(=O)C(C)N. The molecule has 0 aliphatic carbocycles. The van der Waals surface area contributed by atoms with E-state index < -0.39 is 0 Å². The Morgan fingerprint density at radius 3 is 0.971 bits per heavy atom. The van der Waals surface area contributed by atoms with Crippen molar-refractivity contribution in [3.8, 4) is 0 Å². The number of rotatable bonds is 27. The van der Waals surface area contributed by atoms with Crippen LogP contribution in [0.1, 0.15) is 175 Å². The molecule has 2 N–H and O–H groups in total. The second kappa shape index (κ2) is 27.0. The third kappa shape index (κ3) is 23.2. The quantitative estimate of drug-likeness (QED) is 0.119. The lowest BCUT2D eigenvalue weighted by molar-refractivity contribution is -0.132. The molecule has 0 aliphatic rings. The number of unbranched alkanes of at least 4 members (excludes halogenated alkanes) is 22. The van der Waals surface area contributed by atoms with Gasteiger partial charge in [-0.3, -0.25) is 4.79 Å². The average Bonchev–Trinajstić information content (AvgIpc) is 2.83. The van der Waals surface area contributed by atoms with Crippen molar-refractivity contribution in [2.45, 2.75) is 181 Å². The van der Waals surface area contributed by atoms with E-state index in [1.807, 2.05) is 6.92 Å². The first-order valence-electron chi connectivity index (χ1n) is 15.7. The van der Waals surface area contributed by atoms with Crippen molar-refractivity contribution in [2.75, 3.05) is 13.1 Å². The Morgan fingerprint density at radius 1 is 0.500 bits per heavy atom. The van der Waals surface area contributed by atoms with Gasteiger partial charge in [-0.25, -0.2) is 0 Å². The highest BCUT2D eigenvalue weighted by atomic mass is 16.2. The Morgan fingerprint density at radius 2 is 0.735 bits per heavy atom. The van der Waals surface area contributed by atoms with Crippen LogP contribution in [0.3, 0.4) is 0 Å². The van der Waals surface area contributed by atoms with Crippen LogP contribution in [0.4, 0.5) is 0 Å². The average molecular weight is 481 g/mol. The molecule has 0 radical (unpaired) electrons. The van der Waals surface area contributed by atoms with Crippen molar-refractivity contribution in [3.63, 3.8) is 0 Å². The molecule has 0 spiro atoms. The van der Waals surface area contributed by atoms with E-state index in [9.17, 15) is 4.79 Å². The summed E-state index contributed by atoms with van der Waals surface area (Å²) in [6.07, 6.45) is 32.5. The fourth-order valence-corrected chi connectivity index (χ4v) is 4.91. The lowest BCUT2D eigenvalue weighted by atomic mass is 10.0. The standard InChI is InChI=1S/C31H64N2O/c1-4-6-8-10-12-14-16-18-20-22-24-26-28-33(31(34)30(3)32)29-27-25-23-21-19-17-15-13-11-9-7-5-2/h30H,4-29,32H2,1-3H3. The minimum Gasteiger partial charge on any atom is -0.341 e. The van der Waals surface area contributed by atoms with Crippen LogP contribution in [0, 0.1) is 0 Å². The first-order chi connectivity index (χ1) is 16.6. The van der Waals surface area contributed by atoms with Crippen LogP contribution in [-0.2, 0) is 4.79 Å². The summed E-state index contributed by atoms with van der Waals surface area (Å²) in [5.41, 5.74) is 5.92. The monoisotopic (exact) mass is 481 g/mol. The summed E-state index contributed by atoms with van der Waals surface area (Å²) in [5.74, 6) is 0.145. The molecule has 0 aromatic carbocycles. The second-order valence-corrected chi connectivity index (χ2v) is 10.9. The van der Waals surface area contributed by atoms with Gasteiger partial charge in [0, 0.05) is 13.1 Å². The van der Waals surface area contributed by atoms with E-state index in [2.05, 4.69) is 18.7 Å². The normalized spacial score (nSPS) is 12.2. The number of nitrogens with two attached hydrogens (primary N) is 1. The Bertz CT molecular complexity index is 382. The molecule has 0 aromatic rings. The van der Waals surface area contributed by atoms with Crippen LogP contribution in [0.2, 0.25) is 0 Å². The zero-order valence-electron chi connectivity index (χ0n) is 23.9. The van der Waals surface area contributed by atoms with Gasteiger partial charge in [0.05, 0.1) is 6.04 Å². The van der Waals surface area contributed by atoms with Crippen LogP contribution in [0.5, 0.6) is 0 Å². The summed E-state index contributed by atoms with van der Waals surface area (Å²) < 4.78 is 0. The van der Waals surface area contributed by atoms with E-state index in [4.69, 9.17) is 5.73 Å². The van der Waals surface area contributed by atoms with E-state index >= 15 is 0 Å². The van der Waals surface area contributed by atoms with Gasteiger partial charge in [0.2, 0.25) is 5.91 Å². The van der Waals surface area contributed by atoms with Gasteiger partial charge in [0.15, 0.2) is 0 Å². The third-order valence-corrected chi connectivity index (χ3v) is 7.26. The molecule has 0 saturated heterocycles. The molecule has 34 heavy (non-hydrogen) atoms. The fraction of sp³-hybridized carbons (Fsp3) is 0.968. The van der Waals surface area contributed by atoms with Crippen molar-refractivity contribution in [2.24, 2.45) is 5.73 Å². The largest absolute Gasteiger partial charge is 0.341 e. The van der Waals surface area contributed by atoms with E-state index in [0.717, 1.165) is 25.9 Å². The molecule has 0 aromatic heterocycles. The molecule has 0 bridgehead atoms. The van der Waals surface area contributed by atoms with Gasteiger partial charge in [-0.1, -0.05) is 155 Å². The lowest BCUT2D eigenvalue weighted by Gasteiger charge is -2.24. The summed E-state index contributed by atoms with van der Waals surface area (Å²) in [6.45, 7) is 8.20. The molecule has 0 heterocycles. The van der Waals surface area contributed by atoms with Crippen LogP contribution in [-0.4, -0.2) is 29.9 Å². The molecule has 1 atom stereocenters. The molecule has 0 fully saturated rings. The maximum absolute atomic E-state index is 12.5. The molecule has 1 unspecified atom stereocenters. The highest BCUT2D eigenvalue weighted by molar-refractivity contribution is 5.81. The summed E-state index contributed by atoms with van der Waals surface area (Å²) in [5, 5.41) is 0. The molecule has 0 rings (SSSR count). The van der Waals surface area contributed by atoms with Crippen molar-refractivity contribution < 1.29 is 4.79 Å². The van der Waals surface area contributed by atoms with Crippen molar-refractivity contribution in [3.05, 3.63) is 0 Å². The highest BCUT2D eigenvalue weighted by Crippen LogP contribution is 2.14. The van der Waals surface area contributed by atoms with Crippen LogP contribution < -0.4 is 5.73 Å². The number of hydrogen-bond acceptors (Lipinski definition) is 2. The van der Waals surface area contributed by atoms with Crippen LogP contribution >= 0.6 is 0 Å². The van der Waals surface area contributed by atoms with Gasteiger partial charge in [0.1, 0.15) is 0 Å². The molecule has 3 heteroatoms. The van der Waals surface area contributed by atoms with Crippen LogP contribution in [0.15, 0.2) is 0 Å².